The van der Waals surface area contributed by atoms with Gasteiger partial charge in [-0.2, -0.15) is 0 Å². The molecule has 0 spiro atoms. The fraction of sp³-hybridized carbons (Fsp3) is 0.429. The molecule has 1 aromatic rings. The molecular weight excluding hydrogens is 140 g/mol. The molecule has 0 aliphatic heterocycles. The molecule has 0 bridgehead atoms. The lowest BCUT2D eigenvalue weighted by Gasteiger charge is -2.02. The molecule has 1 fully saturated rings. The first-order valence-electron chi connectivity index (χ1n) is 3.69. The van der Waals surface area contributed by atoms with Crippen molar-refractivity contribution < 1.29 is 0 Å². The van der Waals surface area contributed by atoms with Crippen molar-refractivity contribution in [3.8, 4) is 0 Å². The highest BCUT2D eigenvalue weighted by molar-refractivity contribution is 5.41. The van der Waals surface area contributed by atoms with E-state index >= 15 is 0 Å². The van der Waals surface area contributed by atoms with Crippen LogP contribution in [0.4, 0.5) is 5.82 Å². The summed E-state index contributed by atoms with van der Waals surface area (Å²) in [5.41, 5.74) is 3.55. The Morgan fingerprint density at radius 2 is 2.09 bits per heavy atom. The lowest BCUT2D eigenvalue weighted by Crippen LogP contribution is -2.11. The number of anilines is 1. The van der Waals surface area contributed by atoms with Crippen LogP contribution in [0.25, 0.3) is 0 Å². The maximum atomic E-state index is 5.26. The zero-order valence-electron chi connectivity index (χ0n) is 6.12. The number of rotatable bonds is 2. The second kappa shape index (κ2) is 2.47. The van der Waals surface area contributed by atoms with Crippen molar-refractivity contribution in [2.45, 2.75) is 18.8 Å². The van der Waals surface area contributed by atoms with Crippen molar-refractivity contribution in [3.63, 3.8) is 0 Å². The Morgan fingerprint density at radius 3 is 2.73 bits per heavy atom. The van der Waals surface area contributed by atoms with Gasteiger partial charge in [-0.05, 0) is 12.8 Å². The third kappa shape index (κ3) is 1.17. The van der Waals surface area contributed by atoms with Gasteiger partial charge < -0.3 is 5.43 Å². The lowest BCUT2D eigenvalue weighted by molar-refractivity contribution is 0.982. The number of hydrazine groups is 1. The molecular formula is C7H10N4. The molecule has 1 heterocycles. The summed E-state index contributed by atoms with van der Waals surface area (Å²) in [5.74, 6) is 6.57. The summed E-state index contributed by atoms with van der Waals surface area (Å²) in [4.78, 5) is 8.27. The average Bonchev–Trinajstić information content (AvgIpc) is 2.87. The summed E-state index contributed by atoms with van der Waals surface area (Å²) < 4.78 is 0. The van der Waals surface area contributed by atoms with Crippen molar-refractivity contribution in [1.82, 2.24) is 9.97 Å². The quantitative estimate of drug-likeness (QED) is 0.479. The number of nitrogens with two attached hydrogens (primary N) is 1. The molecule has 0 radical (unpaired) electrons. The minimum absolute atomic E-state index is 0.592. The zero-order chi connectivity index (χ0) is 7.68. The molecule has 0 amide bonds. The summed E-state index contributed by atoms with van der Waals surface area (Å²) in [5, 5.41) is 0. The second-order valence-corrected chi connectivity index (χ2v) is 2.71. The Bertz CT molecular complexity index is 256. The molecule has 3 N–H and O–H groups in total. The maximum Gasteiger partial charge on any atom is 0.162 e. The van der Waals surface area contributed by atoms with E-state index in [0.29, 0.717) is 5.92 Å². The van der Waals surface area contributed by atoms with Crippen molar-refractivity contribution in [1.29, 1.82) is 0 Å². The Hall–Kier alpha value is -1.16. The molecule has 1 aliphatic rings. The minimum Gasteiger partial charge on any atom is -0.307 e. The first-order valence-corrected chi connectivity index (χ1v) is 3.69. The van der Waals surface area contributed by atoms with Crippen LogP contribution in [0.3, 0.4) is 0 Å². The van der Waals surface area contributed by atoms with Gasteiger partial charge in [0, 0.05) is 18.3 Å². The molecule has 1 saturated carbocycles. The van der Waals surface area contributed by atoms with Gasteiger partial charge in [-0.3, -0.25) is 4.98 Å². The van der Waals surface area contributed by atoms with Gasteiger partial charge in [0.25, 0.3) is 0 Å². The molecule has 0 aromatic carbocycles. The highest BCUT2D eigenvalue weighted by Gasteiger charge is 2.27. The number of hydrogen-bond donors (Lipinski definition) is 2. The molecule has 4 heteroatoms. The lowest BCUT2D eigenvalue weighted by atomic mass is 10.3. The molecule has 1 aromatic heterocycles. The molecule has 0 unspecified atom stereocenters. The highest BCUT2D eigenvalue weighted by atomic mass is 15.3. The minimum atomic E-state index is 0.592. The van der Waals surface area contributed by atoms with Crippen LogP contribution < -0.4 is 11.3 Å². The van der Waals surface area contributed by atoms with E-state index in [4.69, 9.17) is 5.84 Å². The van der Waals surface area contributed by atoms with E-state index < -0.39 is 0 Å². The number of nitrogen functional groups attached to an aromatic ring is 1. The van der Waals surface area contributed by atoms with Gasteiger partial charge in [0.15, 0.2) is 5.82 Å². The van der Waals surface area contributed by atoms with Gasteiger partial charge in [-0.1, -0.05) is 0 Å². The Balaban J connectivity index is 2.34. The van der Waals surface area contributed by atoms with Crippen LogP contribution in [-0.4, -0.2) is 9.97 Å². The predicted molar refractivity (Wildman–Crippen MR) is 41.8 cm³/mol. The number of nitrogens with zero attached hydrogens (tertiary/aromatic N) is 2. The van der Waals surface area contributed by atoms with Gasteiger partial charge in [0.2, 0.25) is 0 Å². The van der Waals surface area contributed by atoms with Gasteiger partial charge >= 0.3 is 0 Å². The van der Waals surface area contributed by atoms with E-state index in [1.807, 2.05) is 0 Å². The van der Waals surface area contributed by atoms with E-state index in [-0.39, 0.29) is 0 Å². The number of nitrogens with one attached hydrogen (secondary N) is 1. The van der Waals surface area contributed by atoms with Gasteiger partial charge in [-0.25, -0.2) is 10.8 Å². The number of aromatic nitrogens is 2. The van der Waals surface area contributed by atoms with Crippen LogP contribution in [0.5, 0.6) is 0 Å². The molecule has 0 saturated heterocycles. The third-order valence-corrected chi connectivity index (χ3v) is 1.83. The maximum absolute atomic E-state index is 5.26. The molecule has 11 heavy (non-hydrogen) atoms. The van der Waals surface area contributed by atoms with E-state index in [1.165, 1.54) is 12.8 Å². The first-order chi connectivity index (χ1) is 5.42. The second-order valence-electron chi connectivity index (χ2n) is 2.71. The fourth-order valence-corrected chi connectivity index (χ4v) is 1.12. The Labute approximate surface area is 64.8 Å². The van der Waals surface area contributed by atoms with Crippen molar-refractivity contribution in [2.24, 2.45) is 5.84 Å². The highest BCUT2D eigenvalue weighted by Crippen LogP contribution is 2.41. The largest absolute Gasteiger partial charge is 0.307 e. The third-order valence-electron chi connectivity index (χ3n) is 1.83. The molecule has 1 aliphatic carbocycles. The monoisotopic (exact) mass is 150 g/mol. The van der Waals surface area contributed by atoms with Crippen LogP contribution in [0.2, 0.25) is 0 Å². The molecule has 0 atom stereocenters. The molecule has 58 valence electrons. The SMILES string of the molecule is NNc1nccnc1C1CC1. The molecule has 2 rings (SSSR count). The van der Waals surface area contributed by atoms with E-state index in [0.717, 1.165) is 11.5 Å². The smallest absolute Gasteiger partial charge is 0.162 e. The topological polar surface area (TPSA) is 63.8 Å². The van der Waals surface area contributed by atoms with Gasteiger partial charge in [0.05, 0.1) is 5.69 Å². The van der Waals surface area contributed by atoms with Crippen molar-refractivity contribution in [2.75, 3.05) is 5.43 Å². The predicted octanol–water partition coefficient (Wildman–Crippen LogP) is 0.640. The van der Waals surface area contributed by atoms with E-state index in [2.05, 4.69) is 15.4 Å². The van der Waals surface area contributed by atoms with E-state index in [1.54, 1.807) is 12.4 Å². The number of hydrogen-bond acceptors (Lipinski definition) is 4. The summed E-state index contributed by atoms with van der Waals surface area (Å²) in [7, 11) is 0. The van der Waals surface area contributed by atoms with Crippen molar-refractivity contribution >= 4 is 5.82 Å². The first kappa shape index (κ1) is 6.54. The van der Waals surface area contributed by atoms with Crippen molar-refractivity contribution in [3.05, 3.63) is 18.1 Å². The summed E-state index contributed by atoms with van der Waals surface area (Å²) in [6.45, 7) is 0. The van der Waals surface area contributed by atoms with E-state index in [9.17, 15) is 0 Å². The Kier molecular flexibility index (Phi) is 1.47. The normalized spacial score (nSPS) is 16.5. The van der Waals surface area contributed by atoms with Gasteiger partial charge in [-0.15, -0.1) is 0 Å². The zero-order valence-corrected chi connectivity index (χ0v) is 6.12. The van der Waals surface area contributed by atoms with Crippen LogP contribution in [-0.2, 0) is 0 Å². The van der Waals surface area contributed by atoms with Crippen LogP contribution in [0, 0.1) is 0 Å². The van der Waals surface area contributed by atoms with Gasteiger partial charge in [0.1, 0.15) is 0 Å². The summed E-state index contributed by atoms with van der Waals surface area (Å²) in [6, 6.07) is 0. The average molecular weight is 150 g/mol. The summed E-state index contributed by atoms with van der Waals surface area (Å²) in [6.07, 6.45) is 5.77. The van der Waals surface area contributed by atoms with Crippen LogP contribution in [0.15, 0.2) is 12.4 Å². The Morgan fingerprint density at radius 1 is 1.36 bits per heavy atom. The standard InChI is InChI=1S/C7H10N4/c8-11-7-6(5-1-2-5)9-3-4-10-7/h3-5H,1-2,8H2,(H,10,11). The van der Waals surface area contributed by atoms with Crippen LogP contribution in [0.1, 0.15) is 24.5 Å². The summed E-state index contributed by atoms with van der Waals surface area (Å²) >= 11 is 0. The van der Waals surface area contributed by atoms with Crippen LogP contribution >= 0.6 is 0 Å². The fourth-order valence-electron chi connectivity index (χ4n) is 1.12. The molecule has 4 nitrogen and oxygen atoms in total.